The molecule has 2 N–H and O–H groups in total. The third-order valence-electron chi connectivity index (χ3n) is 2.50. The molecule has 0 aliphatic carbocycles. The second kappa shape index (κ2) is 4.53. The molecule has 0 fully saturated rings. The summed E-state index contributed by atoms with van der Waals surface area (Å²) in [5, 5.41) is 4.24. The van der Waals surface area contributed by atoms with Crippen LogP contribution >= 0.6 is 11.6 Å². The van der Waals surface area contributed by atoms with Gasteiger partial charge in [-0.15, -0.1) is 0 Å². The fraction of sp³-hybridized carbons (Fsp3) is 0.182. The number of halogens is 4. The predicted octanol–water partition coefficient (Wildman–Crippen LogP) is 2.89. The van der Waals surface area contributed by atoms with Gasteiger partial charge < -0.3 is 5.73 Å². The number of hydrogen-bond acceptors (Lipinski definition) is 2. The van der Waals surface area contributed by atoms with Crippen LogP contribution in [0.5, 0.6) is 0 Å². The zero-order chi connectivity index (χ0) is 13.4. The van der Waals surface area contributed by atoms with E-state index in [1.54, 1.807) is 6.92 Å². The summed E-state index contributed by atoms with van der Waals surface area (Å²) < 4.78 is 40.4. The summed E-state index contributed by atoms with van der Waals surface area (Å²) in [4.78, 5) is 0. The van der Waals surface area contributed by atoms with Crippen LogP contribution in [0.4, 0.5) is 19.0 Å². The molecule has 1 aromatic heterocycles. The van der Waals surface area contributed by atoms with E-state index in [2.05, 4.69) is 5.10 Å². The van der Waals surface area contributed by atoms with Gasteiger partial charge in [-0.05, 0) is 13.0 Å². The zero-order valence-electron chi connectivity index (χ0n) is 9.35. The average molecular weight is 276 g/mol. The minimum atomic E-state index is -1.24. The van der Waals surface area contributed by atoms with Crippen molar-refractivity contribution in [3.63, 3.8) is 0 Å². The van der Waals surface area contributed by atoms with Gasteiger partial charge in [0, 0.05) is 11.6 Å². The molecule has 0 spiro atoms. The van der Waals surface area contributed by atoms with E-state index in [4.69, 9.17) is 17.3 Å². The summed E-state index contributed by atoms with van der Waals surface area (Å²) in [5.41, 5.74) is 6.08. The van der Waals surface area contributed by atoms with E-state index in [0.717, 1.165) is 6.07 Å². The van der Waals surface area contributed by atoms with Gasteiger partial charge in [-0.3, -0.25) is 0 Å². The molecule has 0 aliphatic heterocycles. The number of nitrogen functional groups attached to an aromatic ring is 1. The Morgan fingerprint density at radius 1 is 1.22 bits per heavy atom. The Bertz CT molecular complexity index is 610. The lowest BCUT2D eigenvalue weighted by Gasteiger charge is -2.06. The summed E-state index contributed by atoms with van der Waals surface area (Å²) in [6.07, 6.45) is 0. The van der Waals surface area contributed by atoms with Crippen molar-refractivity contribution in [1.29, 1.82) is 0 Å². The van der Waals surface area contributed by atoms with E-state index in [0.29, 0.717) is 11.8 Å². The summed E-state index contributed by atoms with van der Waals surface area (Å²) in [6.45, 7) is 1.51. The smallest absolute Gasteiger partial charge is 0.161 e. The first-order valence-corrected chi connectivity index (χ1v) is 5.39. The molecule has 0 saturated heterocycles. The lowest BCUT2D eigenvalue weighted by atomic mass is 10.2. The van der Waals surface area contributed by atoms with E-state index >= 15 is 0 Å². The first-order chi connectivity index (χ1) is 8.40. The summed E-state index contributed by atoms with van der Waals surface area (Å²) >= 11 is 5.82. The number of aromatic nitrogens is 2. The molecule has 0 unspecified atom stereocenters. The second-order valence-corrected chi connectivity index (χ2v) is 4.18. The highest BCUT2D eigenvalue weighted by molar-refractivity contribution is 6.33. The molecule has 0 atom stereocenters. The number of hydrogen-bond donors (Lipinski definition) is 1. The molecular formula is C11H9ClF3N3. The number of anilines is 1. The van der Waals surface area contributed by atoms with Crippen LogP contribution < -0.4 is 5.73 Å². The standard InChI is InChI=1S/C11H9ClF3N3/c1-5-10(12)11(16)18(17-5)4-6-2-8(14)9(15)3-7(6)13/h2-3H,4,16H2,1H3. The topological polar surface area (TPSA) is 43.8 Å². The van der Waals surface area contributed by atoms with E-state index < -0.39 is 17.5 Å². The van der Waals surface area contributed by atoms with Gasteiger partial charge in [0.1, 0.15) is 16.7 Å². The highest BCUT2D eigenvalue weighted by Crippen LogP contribution is 2.24. The van der Waals surface area contributed by atoms with Gasteiger partial charge in [0.25, 0.3) is 0 Å². The first-order valence-electron chi connectivity index (χ1n) is 5.02. The minimum Gasteiger partial charge on any atom is -0.383 e. The number of aryl methyl sites for hydroxylation is 1. The number of benzene rings is 1. The van der Waals surface area contributed by atoms with Gasteiger partial charge in [-0.25, -0.2) is 17.9 Å². The quantitative estimate of drug-likeness (QED) is 0.857. The van der Waals surface area contributed by atoms with Crippen molar-refractivity contribution in [1.82, 2.24) is 9.78 Å². The Kier molecular flexibility index (Phi) is 3.21. The van der Waals surface area contributed by atoms with Crippen LogP contribution in [0.3, 0.4) is 0 Å². The van der Waals surface area contributed by atoms with Crippen molar-refractivity contribution in [2.75, 3.05) is 5.73 Å². The molecule has 2 rings (SSSR count). The third-order valence-corrected chi connectivity index (χ3v) is 2.97. The maximum Gasteiger partial charge on any atom is 0.161 e. The SMILES string of the molecule is Cc1nn(Cc2cc(F)c(F)cc2F)c(N)c1Cl. The highest BCUT2D eigenvalue weighted by atomic mass is 35.5. The molecule has 18 heavy (non-hydrogen) atoms. The lowest BCUT2D eigenvalue weighted by Crippen LogP contribution is -2.08. The predicted molar refractivity (Wildman–Crippen MR) is 61.8 cm³/mol. The molecule has 7 heteroatoms. The normalized spacial score (nSPS) is 10.9. The summed E-state index contributed by atoms with van der Waals surface area (Å²) in [5.74, 6) is -3.07. The summed E-state index contributed by atoms with van der Waals surface area (Å²) in [7, 11) is 0. The van der Waals surface area contributed by atoms with Crippen LogP contribution in [0, 0.1) is 24.4 Å². The van der Waals surface area contributed by atoms with Crippen LogP contribution in [-0.2, 0) is 6.54 Å². The Balaban J connectivity index is 2.40. The second-order valence-electron chi connectivity index (χ2n) is 3.80. The van der Waals surface area contributed by atoms with Crippen molar-refractivity contribution in [2.24, 2.45) is 0 Å². The first kappa shape index (κ1) is 12.8. The Hall–Kier alpha value is -1.69. The zero-order valence-corrected chi connectivity index (χ0v) is 10.1. The van der Waals surface area contributed by atoms with Gasteiger partial charge in [-0.1, -0.05) is 11.6 Å². The number of nitrogens with two attached hydrogens (primary N) is 1. The molecule has 96 valence electrons. The monoisotopic (exact) mass is 275 g/mol. The Morgan fingerprint density at radius 3 is 2.39 bits per heavy atom. The van der Waals surface area contributed by atoms with Gasteiger partial charge in [0.2, 0.25) is 0 Å². The number of rotatable bonds is 2. The average Bonchev–Trinajstić information content (AvgIpc) is 2.54. The van der Waals surface area contributed by atoms with Crippen molar-refractivity contribution < 1.29 is 13.2 Å². The van der Waals surface area contributed by atoms with Gasteiger partial charge in [0.05, 0.1) is 12.2 Å². The van der Waals surface area contributed by atoms with Crippen LogP contribution in [0.1, 0.15) is 11.3 Å². The van der Waals surface area contributed by atoms with Crippen LogP contribution in [-0.4, -0.2) is 9.78 Å². The fourth-order valence-corrected chi connectivity index (χ4v) is 1.68. The lowest BCUT2D eigenvalue weighted by molar-refractivity contribution is 0.486. The Labute approximate surface area is 106 Å². The minimum absolute atomic E-state index is 0.0558. The molecule has 1 heterocycles. The van der Waals surface area contributed by atoms with E-state index in [9.17, 15) is 13.2 Å². The molecule has 0 bridgehead atoms. The van der Waals surface area contributed by atoms with Crippen LogP contribution in [0.2, 0.25) is 5.02 Å². The van der Waals surface area contributed by atoms with Crippen molar-refractivity contribution in [2.45, 2.75) is 13.5 Å². The molecule has 0 saturated carbocycles. The van der Waals surface area contributed by atoms with Crippen LogP contribution in [0.15, 0.2) is 12.1 Å². The molecule has 2 aromatic rings. The molecule has 0 radical (unpaired) electrons. The van der Waals surface area contributed by atoms with Crippen molar-refractivity contribution in [3.8, 4) is 0 Å². The molecule has 3 nitrogen and oxygen atoms in total. The molecular weight excluding hydrogens is 267 g/mol. The van der Waals surface area contributed by atoms with Crippen molar-refractivity contribution >= 4 is 17.4 Å². The highest BCUT2D eigenvalue weighted by Gasteiger charge is 2.14. The fourth-order valence-electron chi connectivity index (χ4n) is 1.54. The van der Waals surface area contributed by atoms with Crippen LogP contribution in [0.25, 0.3) is 0 Å². The van der Waals surface area contributed by atoms with Gasteiger partial charge in [0.15, 0.2) is 11.6 Å². The maximum atomic E-state index is 13.4. The number of nitrogens with zero attached hydrogens (tertiary/aromatic N) is 2. The van der Waals surface area contributed by atoms with E-state index in [-0.39, 0.29) is 22.9 Å². The summed E-state index contributed by atoms with van der Waals surface area (Å²) in [6, 6.07) is 1.26. The third kappa shape index (κ3) is 2.15. The molecule has 0 aliphatic rings. The van der Waals surface area contributed by atoms with Gasteiger partial charge >= 0.3 is 0 Å². The molecule has 0 amide bonds. The van der Waals surface area contributed by atoms with Crippen molar-refractivity contribution in [3.05, 3.63) is 45.9 Å². The van der Waals surface area contributed by atoms with E-state index in [1.165, 1.54) is 4.68 Å². The largest absolute Gasteiger partial charge is 0.383 e. The van der Waals surface area contributed by atoms with E-state index in [1.807, 2.05) is 0 Å². The Morgan fingerprint density at radius 2 is 1.83 bits per heavy atom. The molecule has 1 aromatic carbocycles. The maximum absolute atomic E-state index is 13.4. The van der Waals surface area contributed by atoms with Gasteiger partial charge in [-0.2, -0.15) is 5.10 Å².